The number of carbonyl (C=O) groups is 1. The highest BCUT2D eigenvalue weighted by molar-refractivity contribution is 5.95. The van der Waals surface area contributed by atoms with Crippen LogP contribution >= 0.6 is 0 Å². The van der Waals surface area contributed by atoms with Crippen molar-refractivity contribution in [1.29, 1.82) is 0 Å². The number of ketones is 1. The molecule has 0 spiro atoms. The molecule has 0 unspecified atom stereocenters. The van der Waals surface area contributed by atoms with Crippen molar-refractivity contribution in [1.82, 2.24) is 9.97 Å². The Kier molecular flexibility index (Phi) is 4.76. The number of nitrogens with zero attached hydrogens (tertiary/aromatic N) is 2. The molecule has 0 saturated carbocycles. The van der Waals surface area contributed by atoms with E-state index >= 15 is 0 Å². The molecule has 15 heavy (non-hydrogen) atoms. The van der Waals surface area contributed by atoms with E-state index in [4.69, 9.17) is 0 Å². The van der Waals surface area contributed by atoms with Crippen LogP contribution in [0.2, 0.25) is 0 Å². The van der Waals surface area contributed by atoms with E-state index in [-0.39, 0.29) is 18.8 Å². The van der Waals surface area contributed by atoms with Gasteiger partial charge >= 0.3 is 0 Å². The van der Waals surface area contributed by atoms with E-state index in [0.29, 0.717) is 5.56 Å². The third-order valence-corrected chi connectivity index (χ3v) is 1.60. The van der Waals surface area contributed by atoms with Gasteiger partial charge in [-0.05, 0) is 0 Å². The predicted octanol–water partition coefficient (Wildman–Crippen LogP) is 1.33. The van der Waals surface area contributed by atoms with Gasteiger partial charge in [-0.1, -0.05) is 0 Å². The molecule has 1 heterocycles. The number of hydrogen-bond acceptors (Lipinski definition) is 4. The number of aromatic nitrogens is 2. The number of Topliss-reactive ketones (excluding diaryl/α,β-unsaturated/α-hetero) is 1. The molecule has 82 valence electrons. The lowest BCUT2D eigenvalue weighted by Gasteiger charge is -2.02. The van der Waals surface area contributed by atoms with E-state index in [1.165, 1.54) is 18.7 Å². The van der Waals surface area contributed by atoms with Crippen molar-refractivity contribution in [2.24, 2.45) is 0 Å². The van der Waals surface area contributed by atoms with Crippen LogP contribution in [0.3, 0.4) is 0 Å². The van der Waals surface area contributed by atoms with E-state index in [0.717, 1.165) is 0 Å². The highest BCUT2D eigenvalue weighted by atomic mass is 19.3. The third kappa shape index (κ3) is 4.55. The van der Waals surface area contributed by atoms with Crippen molar-refractivity contribution in [2.75, 3.05) is 13.2 Å². The molecule has 0 aliphatic rings. The fourth-order valence-corrected chi connectivity index (χ4v) is 0.925. The minimum Gasteiger partial charge on any atom is -0.375 e. The molecule has 0 amide bonds. The van der Waals surface area contributed by atoms with Crippen LogP contribution in [-0.4, -0.2) is 35.4 Å². The largest absolute Gasteiger partial charge is 0.375 e. The van der Waals surface area contributed by atoms with Gasteiger partial charge in [0.25, 0.3) is 6.43 Å². The maximum atomic E-state index is 11.7. The summed E-state index contributed by atoms with van der Waals surface area (Å²) in [6, 6.07) is 0. The first-order chi connectivity index (χ1) is 7.20. The molecular formula is C9H10F2N2O2. The van der Waals surface area contributed by atoms with E-state index in [9.17, 15) is 13.6 Å². The van der Waals surface area contributed by atoms with Crippen LogP contribution in [0, 0.1) is 0 Å². The summed E-state index contributed by atoms with van der Waals surface area (Å²) >= 11 is 0. The normalized spacial score (nSPS) is 10.6. The zero-order chi connectivity index (χ0) is 11.1. The lowest BCUT2D eigenvalue weighted by atomic mass is 10.2. The van der Waals surface area contributed by atoms with Crippen LogP contribution in [0.1, 0.15) is 16.8 Å². The fourth-order valence-electron chi connectivity index (χ4n) is 0.925. The van der Waals surface area contributed by atoms with E-state index < -0.39 is 13.0 Å². The monoisotopic (exact) mass is 216 g/mol. The van der Waals surface area contributed by atoms with Crippen LogP contribution in [-0.2, 0) is 4.74 Å². The first kappa shape index (κ1) is 11.6. The van der Waals surface area contributed by atoms with Gasteiger partial charge in [0.15, 0.2) is 5.78 Å². The SMILES string of the molecule is O=C(CCOCC(F)F)c1cncnc1. The molecule has 0 bridgehead atoms. The minimum atomic E-state index is -2.50. The van der Waals surface area contributed by atoms with Gasteiger partial charge in [0.1, 0.15) is 12.9 Å². The molecule has 0 radical (unpaired) electrons. The van der Waals surface area contributed by atoms with Gasteiger partial charge in [-0.2, -0.15) is 0 Å². The van der Waals surface area contributed by atoms with Gasteiger partial charge in [-0.15, -0.1) is 0 Å². The molecular weight excluding hydrogens is 206 g/mol. The van der Waals surface area contributed by atoms with Crippen molar-refractivity contribution in [3.63, 3.8) is 0 Å². The maximum Gasteiger partial charge on any atom is 0.261 e. The molecule has 1 aromatic heterocycles. The van der Waals surface area contributed by atoms with Crippen LogP contribution in [0.25, 0.3) is 0 Å². The molecule has 0 atom stereocenters. The van der Waals surface area contributed by atoms with Crippen molar-refractivity contribution in [3.8, 4) is 0 Å². The quantitative estimate of drug-likeness (QED) is 0.531. The second kappa shape index (κ2) is 6.13. The lowest BCUT2D eigenvalue weighted by Crippen LogP contribution is -2.09. The Balaban J connectivity index is 2.25. The molecule has 1 aromatic rings. The number of rotatable bonds is 6. The van der Waals surface area contributed by atoms with Gasteiger partial charge in [-0.3, -0.25) is 4.79 Å². The number of carbonyl (C=O) groups excluding carboxylic acids is 1. The highest BCUT2D eigenvalue weighted by Crippen LogP contribution is 2.00. The highest BCUT2D eigenvalue weighted by Gasteiger charge is 2.07. The second-order valence-electron chi connectivity index (χ2n) is 2.77. The van der Waals surface area contributed by atoms with Crippen LogP contribution in [0.5, 0.6) is 0 Å². The molecule has 1 rings (SSSR count). The molecule has 0 saturated heterocycles. The minimum absolute atomic E-state index is 0.0158. The fraction of sp³-hybridized carbons (Fsp3) is 0.444. The molecule has 0 aliphatic carbocycles. The molecule has 0 fully saturated rings. The number of halogens is 2. The number of ether oxygens (including phenoxy) is 1. The van der Waals surface area contributed by atoms with Crippen molar-refractivity contribution >= 4 is 5.78 Å². The topological polar surface area (TPSA) is 52.1 Å². The standard InChI is InChI=1S/C9H10F2N2O2/c10-9(11)5-15-2-1-8(14)7-3-12-6-13-4-7/h3-4,6,9H,1-2,5H2. The van der Waals surface area contributed by atoms with Gasteiger partial charge in [-0.25, -0.2) is 18.7 Å². The zero-order valence-corrected chi connectivity index (χ0v) is 7.90. The Bertz CT molecular complexity index is 306. The van der Waals surface area contributed by atoms with Crippen molar-refractivity contribution < 1.29 is 18.3 Å². The molecule has 0 N–H and O–H groups in total. The Morgan fingerprint density at radius 3 is 2.67 bits per heavy atom. The van der Waals surface area contributed by atoms with Crippen LogP contribution < -0.4 is 0 Å². The Hall–Kier alpha value is -1.43. The summed E-state index contributed by atoms with van der Waals surface area (Å²) in [6.45, 7) is -0.656. The lowest BCUT2D eigenvalue weighted by molar-refractivity contribution is 0.0169. The smallest absolute Gasteiger partial charge is 0.261 e. The van der Waals surface area contributed by atoms with Crippen molar-refractivity contribution in [3.05, 3.63) is 24.3 Å². The molecule has 6 heteroatoms. The Morgan fingerprint density at radius 1 is 1.40 bits per heavy atom. The Labute approximate surface area is 85.3 Å². The third-order valence-electron chi connectivity index (χ3n) is 1.60. The predicted molar refractivity (Wildman–Crippen MR) is 47.8 cm³/mol. The maximum absolute atomic E-state index is 11.7. The summed E-state index contributed by atoms with van der Waals surface area (Å²) in [4.78, 5) is 18.7. The van der Waals surface area contributed by atoms with Gasteiger partial charge < -0.3 is 4.74 Å². The van der Waals surface area contributed by atoms with Crippen LogP contribution in [0.4, 0.5) is 8.78 Å². The summed E-state index contributed by atoms with van der Waals surface area (Å²) in [6.07, 6.45) is 1.62. The summed E-state index contributed by atoms with van der Waals surface area (Å²) in [5, 5.41) is 0. The zero-order valence-electron chi connectivity index (χ0n) is 7.90. The van der Waals surface area contributed by atoms with E-state index in [2.05, 4.69) is 14.7 Å². The number of alkyl halides is 2. The average molecular weight is 216 g/mol. The Morgan fingerprint density at radius 2 is 2.07 bits per heavy atom. The summed E-state index contributed by atoms with van der Waals surface area (Å²) < 4.78 is 27.9. The van der Waals surface area contributed by atoms with Gasteiger partial charge in [0.05, 0.1) is 12.2 Å². The summed E-state index contributed by atoms with van der Waals surface area (Å²) in [7, 11) is 0. The van der Waals surface area contributed by atoms with Gasteiger partial charge in [0, 0.05) is 18.8 Å². The summed E-state index contributed by atoms with van der Waals surface area (Å²) in [5.74, 6) is -0.218. The summed E-state index contributed by atoms with van der Waals surface area (Å²) in [5.41, 5.74) is 0.359. The van der Waals surface area contributed by atoms with E-state index in [1.54, 1.807) is 0 Å². The van der Waals surface area contributed by atoms with E-state index in [1.807, 2.05) is 0 Å². The molecule has 0 aromatic carbocycles. The van der Waals surface area contributed by atoms with Crippen molar-refractivity contribution in [2.45, 2.75) is 12.8 Å². The first-order valence-electron chi connectivity index (χ1n) is 4.34. The molecule has 0 aliphatic heterocycles. The molecule has 4 nitrogen and oxygen atoms in total. The number of hydrogen-bond donors (Lipinski definition) is 0. The average Bonchev–Trinajstić information content (AvgIpc) is 2.25. The van der Waals surface area contributed by atoms with Crippen LogP contribution in [0.15, 0.2) is 18.7 Å². The second-order valence-corrected chi connectivity index (χ2v) is 2.77. The first-order valence-corrected chi connectivity index (χ1v) is 4.34. The van der Waals surface area contributed by atoms with Gasteiger partial charge in [0.2, 0.25) is 0 Å².